The molecule has 2 rings (SSSR count). The lowest BCUT2D eigenvalue weighted by molar-refractivity contribution is -0.127. The van der Waals surface area contributed by atoms with Crippen molar-refractivity contribution in [3.63, 3.8) is 0 Å². The molecule has 16 heavy (non-hydrogen) atoms. The zero-order valence-electron chi connectivity index (χ0n) is 9.84. The Labute approximate surface area is 97.2 Å². The van der Waals surface area contributed by atoms with Crippen molar-refractivity contribution in [2.45, 2.75) is 31.8 Å². The number of rotatable bonds is 0. The van der Waals surface area contributed by atoms with Gasteiger partial charge in [0.05, 0.1) is 12.4 Å². The summed E-state index contributed by atoms with van der Waals surface area (Å²) < 4.78 is 0. The molecular formula is C10H15BN4O. The first-order chi connectivity index (χ1) is 7.59. The number of nitriles is 1. The van der Waals surface area contributed by atoms with Gasteiger partial charge in [0.15, 0.2) is 5.54 Å². The molecule has 1 saturated heterocycles. The van der Waals surface area contributed by atoms with Gasteiger partial charge in [-0.1, -0.05) is 13.8 Å². The summed E-state index contributed by atoms with van der Waals surface area (Å²) in [5, 5.41) is 8.83. The summed E-state index contributed by atoms with van der Waals surface area (Å²) in [7, 11) is 7.21. The Kier molecular flexibility index (Phi) is 3.71. The van der Waals surface area contributed by atoms with Crippen molar-refractivity contribution in [3.8, 4) is 6.07 Å². The Morgan fingerprint density at radius 3 is 2.69 bits per heavy atom. The number of amides is 1. The van der Waals surface area contributed by atoms with E-state index in [1.807, 2.05) is 25.8 Å². The Hall–Kier alpha value is -1.35. The molecule has 0 aromatic heterocycles. The lowest BCUT2D eigenvalue weighted by Crippen LogP contribution is -2.42. The van der Waals surface area contributed by atoms with E-state index in [1.165, 1.54) is 6.34 Å². The zero-order valence-corrected chi connectivity index (χ0v) is 9.84. The van der Waals surface area contributed by atoms with Crippen LogP contribution in [0.5, 0.6) is 0 Å². The van der Waals surface area contributed by atoms with Crippen LogP contribution in [0.15, 0.2) is 4.99 Å². The van der Waals surface area contributed by atoms with E-state index >= 15 is 0 Å². The Bertz CT molecular complexity index is 351. The predicted molar refractivity (Wildman–Crippen MR) is 61.8 cm³/mol. The summed E-state index contributed by atoms with van der Waals surface area (Å²) in [6.07, 6.45) is 1.76. The van der Waals surface area contributed by atoms with E-state index in [0.717, 1.165) is 4.81 Å². The van der Waals surface area contributed by atoms with E-state index < -0.39 is 5.54 Å². The Morgan fingerprint density at radius 1 is 1.69 bits per heavy atom. The van der Waals surface area contributed by atoms with Crippen LogP contribution in [-0.4, -0.2) is 55.1 Å². The molecule has 0 aromatic rings. The number of carbonyl (C=O) groups excluding carboxylic acids is 1. The fraction of sp³-hybridized carbons (Fsp3) is 0.700. The Morgan fingerprint density at radius 2 is 2.31 bits per heavy atom. The topological polar surface area (TPSA) is 59.7 Å². The van der Waals surface area contributed by atoms with Gasteiger partial charge in [-0.3, -0.25) is 14.7 Å². The van der Waals surface area contributed by atoms with Gasteiger partial charge in [-0.2, -0.15) is 5.26 Å². The van der Waals surface area contributed by atoms with Gasteiger partial charge in [-0.25, -0.2) is 0 Å². The zero-order chi connectivity index (χ0) is 12.3. The lowest BCUT2D eigenvalue weighted by Gasteiger charge is -2.18. The molecule has 1 fully saturated rings. The number of hydrogen-bond acceptors (Lipinski definition) is 4. The van der Waals surface area contributed by atoms with Crippen molar-refractivity contribution in [2.75, 3.05) is 13.6 Å². The van der Waals surface area contributed by atoms with Crippen molar-refractivity contribution in [2.24, 2.45) is 4.99 Å². The van der Waals surface area contributed by atoms with E-state index in [1.54, 1.807) is 0 Å². The largest absolute Gasteiger partial charge is 0.358 e. The van der Waals surface area contributed by atoms with Crippen molar-refractivity contribution in [1.82, 2.24) is 9.71 Å². The molecule has 0 bridgehead atoms. The van der Waals surface area contributed by atoms with Crippen LogP contribution >= 0.6 is 0 Å². The number of nitrogens with zero attached hydrogens (tertiary/aromatic N) is 4. The van der Waals surface area contributed by atoms with Crippen LogP contribution in [-0.2, 0) is 4.79 Å². The quantitative estimate of drug-likeness (QED) is 0.535. The highest BCUT2D eigenvalue weighted by atomic mass is 16.2. The molecule has 0 saturated carbocycles. The molecule has 2 heterocycles. The molecule has 0 aromatic carbocycles. The molecule has 2 unspecified atom stereocenters. The van der Waals surface area contributed by atoms with Crippen LogP contribution in [0, 0.1) is 11.3 Å². The maximum Gasteiger partial charge on any atom is 0.244 e. The molecule has 0 N–H and O–H groups in total. The van der Waals surface area contributed by atoms with E-state index in [9.17, 15) is 4.79 Å². The van der Waals surface area contributed by atoms with E-state index in [0.29, 0.717) is 13.0 Å². The molecule has 84 valence electrons. The van der Waals surface area contributed by atoms with Gasteiger partial charge in [-0.15, -0.1) is 0 Å². The Balaban J connectivity index is 0.000000606. The van der Waals surface area contributed by atoms with Gasteiger partial charge in [0, 0.05) is 13.0 Å². The van der Waals surface area contributed by atoms with Crippen LogP contribution in [0.1, 0.15) is 20.3 Å². The fourth-order valence-electron chi connectivity index (χ4n) is 1.98. The third kappa shape index (κ3) is 1.83. The average Bonchev–Trinajstić information content (AvgIpc) is 2.77. The van der Waals surface area contributed by atoms with Gasteiger partial charge in [-0.05, 0) is 7.05 Å². The van der Waals surface area contributed by atoms with E-state index in [2.05, 4.69) is 11.1 Å². The second-order valence-electron chi connectivity index (χ2n) is 3.75. The summed E-state index contributed by atoms with van der Waals surface area (Å²) in [5.41, 5.74) is -0.802. The molecule has 2 aliphatic heterocycles. The second-order valence-corrected chi connectivity index (χ2v) is 3.75. The summed E-state index contributed by atoms with van der Waals surface area (Å²) in [6.45, 7) is 4.47. The maximum absolute atomic E-state index is 11.7. The average molecular weight is 218 g/mol. The van der Waals surface area contributed by atoms with Crippen LogP contribution in [0.25, 0.3) is 0 Å². The van der Waals surface area contributed by atoms with Gasteiger partial charge in [0.25, 0.3) is 0 Å². The van der Waals surface area contributed by atoms with E-state index in [4.69, 9.17) is 13.2 Å². The monoisotopic (exact) mass is 218 g/mol. The van der Waals surface area contributed by atoms with Crippen molar-refractivity contribution < 1.29 is 4.79 Å². The molecule has 2 radical (unpaired) electrons. The smallest absolute Gasteiger partial charge is 0.244 e. The molecule has 2 atom stereocenters. The van der Waals surface area contributed by atoms with Crippen molar-refractivity contribution in [1.29, 1.82) is 5.26 Å². The molecule has 5 nitrogen and oxygen atoms in total. The minimum atomic E-state index is -0.802. The van der Waals surface area contributed by atoms with Crippen molar-refractivity contribution in [3.05, 3.63) is 0 Å². The van der Waals surface area contributed by atoms with Gasteiger partial charge < -0.3 is 4.81 Å². The highest BCUT2D eigenvalue weighted by Gasteiger charge is 2.51. The maximum atomic E-state index is 11.7. The first-order valence-electron chi connectivity index (χ1n) is 5.33. The summed E-state index contributed by atoms with van der Waals surface area (Å²) in [4.78, 5) is 18.6. The van der Waals surface area contributed by atoms with Crippen LogP contribution < -0.4 is 0 Å². The summed E-state index contributed by atoms with van der Waals surface area (Å²) in [6, 6.07) is 1.89. The molecule has 2 aliphatic rings. The third-order valence-electron chi connectivity index (χ3n) is 2.78. The predicted octanol–water partition coefficient (Wildman–Crippen LogP) is -0.0669. The molecule has 6 heteroatoms. The number of likely N-dealkylation sites (tertiary alicyclic amines) is 1. The van der Waals surface area contributed by atoms with E-state index in [-0.39, 0.29) is 11.9 Å². The van der Waals surface area contributed by atoms with Gasteiger partial charge >= 0.3 is 0 Å². The highest BCUT2D eigenvalue weighted by molar-refractivity contribution is 6.25. The second kappa shape index (κ2) is 4.66. The number of aliphatic imine (C=N–C) groups is 1. The number of carbonyl (C=O) groups is 1. The summed E-state index contributed by atoms with van der Waals surface area (Å²) in [5.74, 6) is -0.220. The van der Waals surface area contributed by atoms with Crippen molar-refractivity contribution >= 4 is 20.2 Å². The van der Waals surface area contributed by atoms with Crippen LogP contribution in [0.2, 0.25) is 0 Å². The molecular weight excluding hydrogens is 203 g/mol. The molecule has 1 amide bonds. The number of likely N-dealkylation sites (N-methyl/N-ethyl adjacent to an activating group) is 1. The van der Waals surface area contributed by atoms with Gasteiger partial charge in [0.1, 0.15) is 6.04 Å². The standard InChI is InChI=1S/C8H9BN4O.C2H6/c1-12-4-8(2-6(12)3-10)7(14)13(9)5-11-8;1-2/h5-6H,2,4H2,1H3;1-2H3. The first kappa shape index (κ1) is 12.7. The lowest BCUT2D eigenvalue weighted by atomic mass is 9.96. The van der Waals surface area contributed by atoms with Crippen LogP contribution in [0.4, 0.5) is 0 Å². The highest BCUT2D eigenvalue weighted by Crippen LogP contribution is 2.33. The van der Waals surface area contributed by atoms with Crippen LogP contribution in [0.3, 0.4) is 0 Å². The normalized spacial score (nSPS) is 32.8. The molecule has 1 spiro atoms. The third-order valence-corrected chi connectivity index (χ3v) is 2.78. The minimum Gasteiger partial charge on any atom is -0.358 e. The minimum absolute atomic E-state index is 0.220. The van der Waals surface area contributed by atoms with Gasteiger partial charge in [0.2, 0.25) is 13.9 Å². The first-order valence-corrected chi connectivity index (χ1v) is 5.33. The summed E-state index contributed by atoms with van der Waals surface area (Å²) >= 11 is 0. The molecule has 0 aliphatic carbocycles. The number of hydrogen-bond donors (Lipinski definition) is 0. The fourth-order valence-corrected chi connectivity index (χ4v) is 1.98. The SMILES string of the molecule is CC.[B]N1C=NC2(CC(C#N)N(C)C2)C1=O.